The topological polar surface area (TPSA) is 49.8 Å². The van der Waals surface area contributed by atoms with Crippen LogP contribution in [0.2, 0.25) is 0 Å². The van der Waals surface area contributed by atoms with E-state index in [1.165, 1.54) is 4.90 Å². The Morgan fingerprint density at radius 1 is 1.41 bits per heavy atom. The molecule has 1 heterocycles. The lowest BCUT2D eigenvalue weighted by Crippen LogP contribution is -2.36. The molecule has 0 spiro atoms. The van der Waals surface area contributed by atoms with Crippen LogP contribution in [-0.2, 0) is 11.3 Å². The smallest absolute Gasteiger partial charge is 0.413 e. The summed E-state index contributed by atoms with van der Waals surface area (Å²) in [7, 11) is 0. The number of carbonyl (C=O) groups is 1. The molecule has 1 fully saturated rings. The van der Waals surface area contributed by atoms with Gasteiger partial charge in [-0.25, -0.2) is 4.79 Å². The highest BCUT2D eigenvalue weighted by Gasteiger charge is 2.42. The largest absolute Gasteiger partial charge is 0.436 e. The zero-order valence-corrected chi connectivity index (χ0v) is 13.5. The first-order valence-electron chi connectivity index (χ1n) is 7.29. The lowest BCUT2D eigenvalue weighted by molar-refractivity contribution is 0.0274. The van der Waals surface area contributed by atoms with Crippen molar-refractivity contribution in [3.63, 3.8) is 0 Å². The number of allylic oxidation sites excluding steroid dienone is 2. The average Bonchev–Trinajstić information content (AvgIpc) is 2.81. The van der Waals surface area contributed by atoms with E-state index in [4.69, 9.17) is 16.3 Å². The van der Waals surface area contributed by atoms with E-state index < -0.39 is 18.4 Å². The Kier molecular flexibility index (Phi) is 5.63. The van der Waals surface area contributed by atoms with Gasteiger partial charge in [0.15, 0.2) is 12.3 Å². The molecule has 0 bridgehead atoms. The molecule has 2 atom stereocenters. The third kappa shape index (κ3) is 3.51. The normalized spacial score (nSPS) is 22.9. The van der Waals surface area contributed by atoms with Crippen LogP contribution in [0.5, 0.6) is 0 Å². The summed E-state index contributed by atoms with van der Waals surface area (Å²) < 4.78 is 5.34. The number of hydrogen-bond donors (Lipinski definition) is 1. The Morgan fingerprint density at radius 3 is 2.68 bits per heavy atom. The van der Waals surface area contributed by atoms with Gasteiger partial charge in [0.25, 0.3) is 0 Å². The molecule has 1 N–H and O–H groups in total. The summed E-state index contributed by atoms with van der Waals surface area (Å²) in [6.45, 7) is 4.06. The Balaban J connectivity index is 2.22. The second kappa shape index (κ2) is 7.47. The lowest BCUT2D eigenvalue weighted by atomic mass is 10.1. The summed E-state index contributed by atoms with van der Waals surface area (Å²) in [5.41, 5.74) is 1.57. The molecule has 118 valence electrons. The minimum Gasteiger partial charge on any atom is -0.436 e. The molecule has 1 aliphatic rings. The molecule has 0 saturated carbocycles. The second-order valence-electron chi connectivity index (χ2n) is 5.05. The predicted molar refractivity (Wildman–Crippen MR) is 86.2 cm³/mol. The van der Waals surface area contributed by atoms with Crippen LogP contribution in [0.4, 0.5) is 4.79 Å². The van der Waals surface area contributed by atoms with Crippen molar-refractivity contribution in [3.05, 3.63) is 58.7 Å². The zero-order chi connectivity index (χ0) is 16.1. The number of hydrogen-bond acceptors (Lipinski definition) is 3. The maximum Gasteiger partial charge on any atom is 0.413 e. The van der Waals surface area contributed by atoms with Gasteiger partial charge < -0.3 is 9.84 Å². The maximum atomic E-state index is 12.1. The number of aliphatic hydroxyl groups excluding tert-OH is 1. The Morgan fingerprint density at radius 2 is 2.09 bits per heavy atom. The van der Waals surface area contributed by atoms with Gasteiger partial charge >= 0.3 is 6.09 Å². The van der Waals surface area contributed by atoms with Gasteiger partial charge in [0.2, 0.25) is 0 Å². The molecule has 0 radical (unpaired) electrons. The van der Waals surface area contributed by atoms with Crippen LogP contribution in [-0.4, -0.2) is 28.4 Å². The van der Waals surface area contributed by atoms with Crippen LogP contribution < -0.4 is 0 Å². The number of rotatable bonds is 5. The zero-order valence-electron chi connectivity index (χ0n) is 12.7. The lowest BCUT2D eigenvalue weighted by Gasteiger charge is -2.20. The molecule has 1 saturated heterocycles. The first-order chi connectivity index (χ1) is 10.6. The number of aliphatic hydroxyl groups is 1. The highest BCUT2D eigenvalue weighted by molar-refractivity contribution is 6.30. The van der Waals surface area contributed by atoms with Crippen molar-refractivity contribution < 1.29 is 14.6 Å². The highest BCUT2D eigenvalue weighted by Crippen LogP contribution is 2.30. The van der Waals surface area contributed by atoms with Crippen LogP contribution >= 0.6 is 11.6 Å². The van der Waals surface area contributed by atoms with Crippen LogP contribution in [0.15, 0.2) is 53.1 Å². The van der Waals surface area contributed by atoms with Crippen molar-refractivity contribution in [2.75, 3.05) is 0 Å². The molecule has 0 unspecified atom stereocenters. The van der Waals surface area contributed by atoms with E-state index in [-0.39, 0.29) is 0 Å². The minimum atomic E-state index is -1.06. The number of halogens is 1. The Hall–Kier alpha value is -1.78. The summed E-state index contributed by atoms with van der Waals surface area (Å²) in [5.74, 6) is 0. The second-order valence-corrected chi connectivity index (χ2v) is 5.50. The van der Waals surface area contributed by atoms with Crippen LogP contribution in [0.3, 0.4) is 0 Å². The first kappa shape index (κ1) is 16.6. The molecular weight excluding hydrogens is 302 g/mol. The SMILES string of the molecule is C/C=C\C(=C(\Cl)CC)[C@H]1OC(=O)N(Cc2ccccc2)[C@H]1O. The quantitative estimate of drug-likeness (QED) is 0.839. The van der Waals surface area contributed by atoms with Gasteiger partial charge in [-0.1, -0.05) is 61.0 Å². The van der Waals surface area contributed by atoms with Crippen molar-refractivity contribution in [1.29, 1.82) is 0 Å². The van der Waals surface area contributed by atoms with Gasteiger partial charge in [0.1, 0.15) is 0 Å². The molecule has 22 heavy (non-hydrogen) atoms. The van der Waals surface area contributed by atoms with E-state index in [1.807, 2.05) is 50.3 Å². The molecular formula is C17H20ClNO3. The molecule has 5 heteroatoms. The molecule has 0 aliphatic carbocycles. The van der Waals surface area contributed by atoms with Crippen molar-refractivity contribution in [3.8, 4) is 0 Å². The Labute approximate surface area is 135 Å². The fourth-order valence-electron chi connectivity index (χ4n) is 2.39. The van der Waals surface area contributed by atoms with Crippen LogP contribution in [0, 0.1) is 0 Å². The van der Waals surface area contributed by atoms with Crippen molar-refractivity contribution >= 4 is 17.7 Å². The van der Waals surface area contributed by atoms with Gasteiger partial charge in [-0.15, -0.1) is 0 Å². The number of cyclic esters (lactones) is 1. The van der Waals surface area contributed by atoms with Crippen LogP contribution in [0.25, 0.3) is 0 Å². The molecule has 1 aromatic rings. The van der Waals surface area contributed by atoms with E-state index in [2.05, 4.69) is 0 Å². The third-order valence-corrected chi connectivity index (χ3v) is 4.01. The first-order valence-corrected chi connectivity index (χ1v) is 7.66. The number of benzene rings is 1. The summed E-state index contributed by atoms with van der Waals surface area (Å²) in [4.78, 5) is 13.4. The van der Waals surface area contributed by atoms with Gasteiger partial charge in [0, 0.05) is 10.6 Å². The molecule has 1 amide bonds. The van der Waals surface area contributed by atoms with Crippen LogP contribution in [0.1, 0.15) is 25.8 Å². The molecule has 0 aromatic heterocycles. The van der Waals surface area contributed by atoms with E-state index in [0.29, 0.717) is 23.6 Å². The van der Waals surface area contributed by atoms with Gasteiger partial charge in [-0.3, -0.25) is 4.90 Å². The van der Waals surface area contributed by atoms with Gasteiger partial charge in [-0.05, 0) is 18.9 Å². The van der Waals surface area contributed by atoms with Crippen molar-refractivity contribution in [2.24, 2.45) is 0 Å². The summed E-state index contributed by atoms with van der Waals surface area (Å²) in [6, 6.07) is 9.47. The van der Waals surface area contributed by atoms with Gasteiger partial charge in [0.05, 0.1) is 6.54 Å². The third-order valence-electron chi connectivity index (χ3n) is 3.52. The summed E-state index contributed by atoms with van der Waals surface area (Å²) in [5, 5.41) is 11.1. The maximum absolute atomic E-state index is 12.1. The van der Waals surface area contributed by atoms with E-state index in [0.717, 1.165) is 5.56 Å². The molecule has 1 aromatic carbocycles. The van der Waals surface area contributed by atoms with E-state index in [9.17, 15) is 9.90 Å². The monoisotopic (exact) mass is 321 g/mol. The number of amides is 1. The highest BCUT2D eigenvalue weighted by atomic mass is 35.5. The Bertz CT molecular complexity index is 583. The van der Waals surface area contributed by atoms with Crippen molar-refractivity contribution in [1.82, 2.24) is 4.90 Å². The molecule has 2 rings (SSSR count). The number of nitrogens with zero attached hydrogens (tertiary/aromatic N) is 1. The average molecular weight is 322 g/mol. The summed E-state index contributed by atoms with van der Waals surface area (Å²) in [6.07, 6.45) is 1.84. The molecule has 1 aliphatic heterocycles. The number of carbonyl (C=O) groups excluding carboxylic acids is 1. The van der Waals surface area contributed by atoms with Gasteiger partial charge in [-0.2, -0.15) is 0 Å². The number of ether oxygens (including phenoxy) is 1. The fourth-order valence-corrected chi connectivity index (χ4v) is 2.56. The fraction of sp³-hybridized carbons (Fsp3) is 0.353. The molecule has 4 nitrogen and oxygen atoms in total. The van der Waals surface area contributed by atoms with E-state index >= 15 is 0 Å². The van der Waals surface area contributed by atoms with Crippen molar-refractivity contribution in [2.45, 2.75) is 39.1 Å². The standard InChI is InChI=1S/C17H20ClNO3/c1-3-8-13(14(18)4-2)15-16(20)19(17(21)22-15)11-12-9-6-5-7-10-12/h3,5-10,15-16,20H,4,11H2,1-2H3/b8-3-,14-13-/t15-,16+/m1/s1. The van der Waals surface area contributed by atoms with E-state index in [1.54, 1.807) is 6.08 Å². The summed E-state index contributed by atoms with van der Waals surface area (Å²) >= 11 is 6.22. The predicted octanol–water partition coefficient (Wildman–Crippen LogP) is 3.80. The minimum absolute atomic E-state index is 0.296.